The molecule has 0 aliphatic heterocycles. The minimum absolute atomic E-state index is 0.590. The molecule has 0 saturated heterocycles. The van der Waals surface area contributed by atoms with Gasteiger partial charge in [-0.2, -0.15) is 0 Å². The van der Waals surface area contributed by atoms with Crippen molar-refractivity contribution in [3.63, 3.8) is 0 Å². The van der Waals surface area contributed by atoms with Crippen LogP contribution in [0.3, 0.4) is 0 Å². The van der Waals surface area contributed by atoms with E-state index in [-0.39, 0.29) is 0 Å². The molecule has 3 rings (SSSR count). The average Bonchev–Trinajstić information content (AvgIpc) is 3.20. The molecule has 2 heteroatoms. The Labute approximate surface area is 111 Å². The Morgan fingerprint density at radius 3 is 1.89 bits per heavy atom. The van der Waals surface area contributed by atoms with E-state index in [1.807, 2.05) is 24.3 Å². The van der Waals surface area contributed by atoms with Gasteiger partial charge in [0.15, 0.2) is 0 Å². The third-order valence-corrected chi connectivity index (χ3v) is 3.84. The summed E-state index contributed by atoms with van der Waals surface area (Å²) in [7, 11) is 0. The fourth-order valence-electron chi connectivity index (χ4n) is 2.46. The van der Waals surface area contributed by atoms with E-state index >= 15 is 0 Å². The monoisotopic (exact) mass is 256 g/mol. The van der Waals surface area contributed by atoms with Crippen LogP contribution in [0.2, 0.25) is 5.02 Å². The van der Waals surface area contributed by atoms with Gasteiger partial charge in [-0.15, -0.1) is 0 Å². The first kappa shape index (κ1) is 11.5. The summed E-state index contributed by atoms with van der Waals surface area (Å²) < 4.78 is 0. The van der Waals surface area contributed by atoms with Crippen LogP contribution >= 0.6 is 11.6 Å². The summed E-state index contributed by atoms with van der Waals surface area (Å²) in [6.45, 7) is 0. The molecule has 2 unspecified atom stereocenters. The van der Waals surface area contributed by atoms with Crippen LogP contribution < -0.4 is 0 Å². The number of halogens is 1. The molecule has 1 fully saturated rings. The highest BCUT2D eigenvalue weighted by atomic mass is 35.5. The molecule has 0 aromatic heterocycles. The van der Waals surface area contributed by atoms with Gasteiger partial charge in [0.2, 0.25) is 0 Å². The number of benzene rings is 2. The van der Waals surface area contributed by atoms with Crippen molar-refractivity contribution < 1.29 is 4.79 Å². The molecule has 1 saturated carbocycles. The zero-order chi connectivity index (χ0) is 12.5. The maximum atomic E-state index is 10.6. The minimum atomic E-state index is 0.590. The van der Waals surface area contributed by atoms with E-state index in [0.29, 0.717) is 11.8 Å². The largest absolute Gasteiger partial charge is 0.298 e. The maximum Gasteiger partial charge on any atom is 0.150 e. The van der Waals surface area contributed by atoms with Crippen LogP contribution in [0.1, 0.15) is 39.7 Å². The quantitative estimate of drug-likeness (QED) is 0.743. The number of aldehydes is 1. The SMILES string of the molecule is O=Cc1ccc(C2CC2c2ccc(Cl)cc2)cc1. The number of carbonyl (C=O) groups is 1. The van der Waals surface area contributed by atoms with Gasteiger partial charge >= 0.3 is 0 Å². The molecule has 1 aliphatic carbocycles. The average molecular weight is 257 g/mol. The van der Waals surface area contributed by atoms with E-state index in [2.05, 4.69) is 24.3 Å². The maximum absolute atomic E-state index is 10.6. The van der Waals surface area contributed by atoms with Crippen molar-refractivity contribution in [3.8, 4) is 0 Å². The second-order valence-electron chi connectivity index (χ2n) is 4.78. The van der Waals surface area contributed by atoms with Crippen LogP contribution in [0.4, 0.5) is 0 Å². The Morgan fingerprint density at radius 1 is 0.889 bits per heavy atom. The van der Waals surface area contributed by atoms with Gasteiger partial charge in [-0.3, -0.25) is 4.79 Å². The van der Waals surface area contributed by atoms with Crippen LogP contribution in [0.15, 0.2) is 48.5 Å². The highest BCUT2D eigenvalue weighted by molar-refractivity contribution is 6.30. The molecule has 0 radical (unpaired) electrons. The molecular formula is C16H13ClO. The first-order valence-electron chi connectivity index (χ1n) is 6.08. The van der Waals surface area contributed by atoms with Crippen molar-refractivity contribution in [2.75, 3.05) is 0 Å². The molecule has 2 atom stereocenters. The van der Waals surface area contributed by atoms with Gasteiger partial charge in [0.1, 0.15) is 6.29 Å². The Hall–Kier alpha value is -1.60. The van der Waals surface area contributed by atoms with Crippen molar-refractivity contribution in [2.45, 2.75) is 18.3 Å². The highest BCUT2D eigenvalue weighted by Gasteiger charge is 2.39. The van der Waals surface area contributed by atoms with E-state index in [4.69, 9.17) is 11.6 Å². The number of carbonyl (C=O) groups excluding carboxylic acids is 1. The van der Waals surface area contributed by atoms with Crippen LogP contribution in [-0.2, 0) is 0 Å². The van der Waals surface area contributed by atoms with E-state index in [9.17, 15) is 4.79 Å². The van der Waals surface area contributed by atoms with Gasteiger partial charge in [0.05, 0.1) is 0 Å². The summed E-state index contributed by atoms with van der Waals surface area (Å²) in [5.41, 5.74) is 3.41. The van der Waals surface area contributed by atoms with Crippen LogP contribution in [0, 0.1) is 0 Å². The van der Waals surface area contributed by atoms with Crippen molar-refractivity contribution >= 4 is 17.9 Å². The van der Waals surface area contributed by atoms with Gasteiger partial charge in [0, 0.05) is 10.6 Å². The molecule has 0 heterocycles. The van der Waals surface area contributed by atoms with Crippen LogP contribution in [0.25, 0.3) is 0 Å². The summed E-state index contributed by atoms with van der Waals surface area (Å²) in [6, 6.07) is 16.0. The third kappa shape index (κ3) is 2.19. The molecular weight excluding hydrogens is 244 g/mol. The first-order valence-corrected chi connectivity index (χ1v) is 6.46. The number of rotatable bonds is 3. The number of hydrogen-bond donors (Lipinski definition) is 0. The lowest BCUT2D eigenvalue weighted by Crippen LogP contribution is -1.86. The van der Waals surface area contributed by atoms with Crippen molar-refractivity contribution in [2.24, 2.45) is 0 Å². The summed E-state index contributed by atoms with van der Waals surface area (Å²) in [5.74, 6) is 1.19. The lowest BCUT2D eigenvalue weighted by molar-refractivity contribution is 0.112. The minimum Gasteiger partial charge on any atom is -0.298 e. The standard InChI is InChI=1S/C16H13ClO/c17-14-7-5-13(6-8-14)16-9-15(16)12-3-1-11(10-18)2-4-12/h1-8,10,15-16H,9H2. The van der Waals surface area contributed by atoms with Gasteiger partial charge in [-0.25, -0.2) is 0 Å². The lowest BCUT2D eigenvalue weighted by Gasteiger charge is -2.02. The molecule has 0 spiro atoms. The second-order valence-corrected chi connectivity index (χ2v) is 5.22. The summed E-state index contributed by atoms with van der Waals surface area (Å²) in [6.07, 6.45) is 2.06. The lowest BCUT2D eigenvalue weighted by atomic mass is 10.0. The zero-order valence-electron chi connectivity index (χ0n) is 9.84. The van der Waals surface area contributed by atoms with Gasteiger partial charge < -0.3 is 0 Å². The van der Waals surface area contributed by atoms with Gasteiger partial charge in [-0.05, 0) is 41.5 Å². The third-order valence-electron chi connectivity index (χ3n) is 3.59. The Kier molecular flexibility index (Phi) is 2.92. The van der Waals surface area contributed by atoms with E-state index in [0.717, 1.165) is 16.9 Å². The normalized spacial score (nSPS) is 21.6. The predicted molar refractivity (Wildman–Crippen MR) is 73.4 cm³/mol. The highest BCUT2D eigenvalue weighted by Crippen LogP contribution is 2.54. The van der Waals surface area contributed by atoms with Crippen molar-refractivity contribution in [1.29, 1.82) is 0 Å². The molecule has 2 aromatic carbocycles. The molecule has 1 nitrogen and oxygen atoms in total. The Morgan fingerprint density at radius 2 is 1.39 bits per heavy atom. The molecule has 0 bridgehead atoms. The summed E-state index contributed by atoms with van der Waals surface area (Å²) in [5, 5.41) is 0.784. The smallest absolute Gasteiger partial charge is 0.150 e. The zero-order valence-corrected chi connectivity index (χ0v) is 10.6. The Bertz CT molecular complexity index is 557. The van der Waals surface area contributed by atoms with Gasteiger partial charge in [-0.1, -0.05) is 48.0 Å². The fraction of sp³-hybridized carbons (Fsp3) is 0.188. The topological polar surface area (TPSA) is 17.1 Å². The fourth-order valence-corrected chi connectivity index (χ4v) is 2.59. The van der Waals surface area contributed by atoms with Gasteiger partial charge in [0.25, 0.3) is 0 Å². The van der Waals surface area contributed by atoms with Crippen molar-refractivity contribution in [3.05, 3.63) is 70.2 Å². The molecule has 1 aliphatic rings. The van der Waals surface area contributed by atoms with Crippen LogP contribution in [0.5, 0.6) is 0 Å². The van der Waals surface area contributed by atoms with E-state index in [1.54, 1.807) is 0 Å². The predicted octanol–water partition coefficient (Wildman–Crippen LogP) is 4.42. The Balaban J connectivity index is 1.76. The molecule has 0 amide bonds. The number of hydrogen-bond acceptors (Lipinski definition) is 1. The van der Waals surface area contributed by atoms with E-state index < -0.39 is 0 Å². The summed E-state index contributed by atoms with van der Waals surface area (Å²) in [4.78, 5) is 10.6. The van der Waals surface area contributed by atoms with Crippen molar-refractivity contribution in [1.82, 2.24) is 0 Å². The summed E-state index contributed by atoms with van der Waals surface area (Å²) >= 11 is 5.89. The first-order chi connectivity index (χ1) is 8.78. The molecule has 18 heavy (non-hydrogen) atoms. The molecule has 2 aromatic rings. The molecule has 90 valence electrons. The van der Waals surface area contributed by atoms with E-state index in [1.165, 1.54) is 17.5 Å². The van der Waals surface area contributed by atoms with Crippen LogP contribution in [-0.4, -0.2) is 6.29 Å². The molecule has 0 N–H and O–H groups in total. The second kappa shape index (κ2) is 4.58.